The first kappa shape index (κ1) is 18.5. The van der Waals surface area contributed by atoms with Gasteiger partial charge in [0.2, 0.25) is 5.91 Å². The molecule has 1 N–H and O–H groups in total. The molecule has 0 radical (unpaired) electrons. The van der Waals surface area contributed by atoms with Crippen LogP contribution in [0.3, 0.4) is 0 Å². The molecule has 2 aromatic carbocycles. The van der Waals surface area contributed by atoms with Crippen LogP contribution < -0.4 is 10.2 Å². The molecule has 4 rings (SSSR count). The molecule has 6 nitrogen and oxygen atoms in total. The van der Waals surface area contributed by atoms with Gasteiger partial charge in [-0.1, -0.05) is 17.7 Å². The number of anilines is 2. The lowest BCUT2D eigenvalue weighted by Gasteiger charge is -2.18. The van der Waals surface area contributed by atoms with E-state index >= 15 is 0 Å². The normalized spacial score (nSPS) is 15.9. The summed E-state index contributed by atoms with van der Waals surface area (Å²) in [4.78, 5) is 40.5. The maximum absolute atomic E-state index is 12.4. The topological polar surface area (TPSA) is 69.7 Å². The lowest BCUT2D eigenvalue weighted by molar-refractivity contribution is -0.116. The van der Waals surface area contributed by atoms with Crippen LogP contribution in [0.1, 0.15) is 40.0 Å². The van der Waals surface area contributed by atoms with Crippen LogP contribution in [0.5, 0.6) is 0 Å². The highest BCUT2D eigenvalue weighted by molar-refractivity contribution is 6.37. The highest BCUT2D eigenvalue weighted by Gasteiger charge is 2.37. The number of halogens is 1. The molecule has 0 unspecified atom stereocenters. The van der Waals surface area contributed by atoms with Crippen LogP contribution in [0, 0.1) is 0 Å². The second kappa shape index (κ2) is 7.64. The fourth-order valence-corrected chi connectivity index (χ4v) is 3.92. The van der Waals surface area contributed by atoms with Gasteiger partial charge in [0.25, 0.3) is 11.8 Å². The van der Waals surface area contributed by atoms with Gasteiger partial charge in [0.1, 0.15) is 0 Å². The number of nitrogens with zero attached hydrogens (tertiary/aromatic N) is 2. The molecule has 2 aliphatic rings. The van der Waals surface area contributed by atoms with Crippen molar-refractivity contribution in [2.24, 2.45) is 0 Å². The molecule has 1 saturated heterocycles. The third-order valence-corrected chi connectivity index (χ3v) is 5.45. The average molecular weight is 398 g/mol. The molecule has 144 valence electrons. The summed E-state index contributed by atoms with van der Waals surface area (Å²) in [6.45, 7) is 2.15. The van der Waals surface area contributed by atoms with Crippen molar-refractivity contribution in [1.82, 2.24) is 4.90 Å². The second-order valence-electron chi connectivity index (χ2n) is 6.96. The number of fused-ring (bicyclic) bond motifs is 1. The summed E-state index contributed by atoms with van der Waals surface area (Å²) in [7, 11) is 0. The second-order valence-corrected chi connectivity index (χ2v) is 7.37. The zero-order chi connectivity index (χ0) is 19.7. The molecular formula is C21H20ClN3O3. The average Bonchev–Trinajstić information content (AvgIpc) is 3.30. The van der Waals surface area contributed by atoms with Crippen molar-refractivity contribution in [3.8, 4) is 0 Å². The Bertz CT molecular complexity index is 936. The van der Waals surface area contributed by atoms with Crippen molar-refractivity contribution >= 4 is 40.7 Å². The zero-order valence-corrected chi connectivity index (χ0v) is 16.0. The summed E-state index contributed by atoms with van der Waals surface area (Å²) in [6, 6.07) is 12.5. The van der Waals surface area contributed by atoms with E-state index in [4.69, 9.17) is 11.6 Å². The van der Waals surface area contributed by atoms with E-state index in [2.05, 4.69) is 10.2 Å². The summed E-state index contributed by atoms with van der Waals surface area (Å²) >= 11 is 6.04. The van der Waals surface area contributed by atoms with Crippen molar-refractivity contribution in [1.29, 1.82) is 0 Å². The summed E-state index contributed by atoms with van der Waals surface area (Å²) in [5.41, 5.74) is 2.35. The van der Waals surface area contributed by atoms with E-state index in [9.17, 15) is 14.4 Å². The van der Waals surface area contributed by atoms with Crippen LogP contribution in [0.2, 0.25) is 5.02 Å². The fourth-order valence-electron chi connectivity index (χ4n) is 3.66. The molecule has 0 aromatic heterocycles. The number of carbonyl (C=O) groups excluding carboxylic acids is 3. The van der Waals surface area contributed by atoms with Gasteiger partial charge in [0.15, 0.2) is 0 Å². The van der Waals surface area contributed by atoms with Crippen LogP contribution in [-0.4, -0.2) is 42.3 Å². The van der Waals surface area contributed by atoms with E-state index in [0.717, 1.165) is 23.7 Å². The Morgan fingerprint density at radius 2 is 1.71 bits per heavy atom. The van der Waals surface area contributed by atoms with Gasteiger partial charge in [-0.3, -0.25) is 19.3 Å². The number of carbonyl (C=O) groups is 3. The van der Waals surface area contributed by atoms with Gasteiger partial charge < -0.3 is 10.2 Å². The van der Waals surface area contributed by atoms with Crippen molar-refractivity contribution < 1.29 is 14.4 Å². The number of nitrogens with one attached hydrogen (secondary N) is 1. The Hall–Kier alpha value is -2.86. The SMILES string of the molecule is O=C(CCN1C(=O)c2cccc(Cl)c2C1=O)Nc1ccc(N2CCCC2)cc1. The quantitative estimate of drug-likeness (QED) is 0.783. The molecule has 2 aliphatic heterocycles. The van der Waals surface area contributed by atoms with Crippen LogP contribution in [0.25, 0.3) is 0 Å². The first-order valence-corrected chi connectivity index (χ1v) is 9.72. The van der Waals surface area contributed by atoms with E-state index in [-0.39, 0.29) is 35.0 Å². The van der Waals surface area contributed by atoms with E-state index in [1.165, 1.54) is 12.8 Å². The predicted octanol–water partition coefficient (Wildman–Crippen LogP) is 3.57. The first-order chi connectivity index (χ1) is 13.5. The monoisotopic (exact) mass is 397 g/mol. The number of imide groups is 1. The van der Waals surface area contributed by atoms with Crippen molar-refractivity contribution in [2.45, 2.75) is 19.3 Å². The molecular weight excluding hydrogens is 378 g/mol. The number of rotatable bonds is 5. The minimum atomic E-state index is -0.451. The summed E-state index contributed by atoms with van der Waals surface area (Å²) in [5, 5.41) is 3.06. The minimum absolute atomic E-state index is 0.0143. The van der Waals surface area contributed by atoms with Crippen LogP contribution in [-0.2, 0) is 4.79 Å². The Morgan fingerprint density at radius 3 is 2.39 bits per heavy atom. The van der Waals surface area contributed by atoms with Crippen molar-refractivity contribution in [3.05, 3.63) is 58.6 Å². The maximum atomic E-state index is 12.4. The molecule has 0 aliphatic carbocycles. The van der Waals surface area contributed by atoms with Gasteiger partial charge in [-0.05, 0) is 49.2 Å². The Balaban J connectivity index is 1.34. The van der Waals surface area contributed by atoms with E-state index < -0.39 is 11.8 Å². The number of benzene rings is 2. The van der Waals surface area contributed by atoms with Crippen LogP contribution >= 0.6 is 11.6 Å². The van der Waals surface area contributed by atoms with Crippen LogP contribution in [0.15, 0.2) is 42.5 Å². The number of amides is 3. The lowest BCUT2D eigenvalue weighted by Crippen LogP contribution is -2.32. The third kappa shape index (κ3) is 3.47. The van der Waals surface area contributed by atoms with E-state index in [0.29, 0.717) is 5.69 Å². The van der Waals surface area contributed by atoms with Gasteiger partial charge >= 0.3 is 0 Å². The first-order valence-electron chi connectivity index (χ1n) is 9.34. The largest absolute Gasteiger partial charge is 0.372 e. The van der Waals surface area contributed by atoms with Crippen molar-refractivity contribution in [2.75, 3.05) is 29.9 Å². The molecule has 7 heteroatoms. The molecule has 0 saturated carbocycles. The Kier molecular flexibility index (Phi) is 5.05. The van der Waals surface area contributed by atoms with Gasteiger partial charge in [-0.2, -0.15) is 0 Å². The molecule has 2 aromatic rings. The van der Waals surface area contributed by atoms with Gasteiger partial charge in [0.05, 0.1) is 16.1 Å². The molecule has 1 fully saturated rings. The fraction of sp³-hybridized carbons (Fsp3) is 0.286. The molecule has 0 bridgehead atoms. The highest BCUT2D eigenvalue weighted by atomic mass is 35.5. The van der Waals surface area contributed by atoms with E-state index in [1.54, 1.807) is 18.2 Å². The molecule has 0 spiro atoms. The van der Waals surface area contributed by atoms with Gasteiger partial charge in [-0.25, -0.2) is 0 Å². The molecule has 0 atom stereocenters. The maximum Gasteiger partial charge on any atom is 0.263 e. The number of hydrogen-bond acceptors (Lipinski definition) is 4. The van der Waals surface area contributed by atoms with Gasteiger partial charge in [0, 0.05) is 37.4 Å². The molecule has 3 amide bonds. The smallest absolute Gasteiger partial charge is 0.263 e. The van der Waals surface area contributed by atoms with E-state index in [1.807, 2.05) is 24.3 Å². The predicted molar refractivity (Wildman–Crippen MR) is 108 cm³/mol. The third-order valence-electron chi connectivity index (χ3n) is 5.13. The lowest BCUT2D eigenvalue weighted by atomic mass is 10.1. The molecule has 2 heterocycles. The number of hydrogen-bond donors (Lipinski definition) is 1. The van der Waals surface area contributed by atoms with Crippen molar-refractivity contribution in [3.63, 3.8) is 0 Å². The molecule has 28 heavy (non-hydrogen) atoms. The van der Waals surface area contributed by atoms with Gasteiger partial charge in [-0.15, -0.1) is 0 Å². The standard InChI is InChI=1S/C21H20ClN3O3/c22-17-5-3-4-16-19(17)21(28)25(20(16)27)13-10-18(26)23-14-6-8-15(9-7-14)24-11-1-2-12-24/h3-9H,1-2,10-13H2,(H,23,26). The van der Waals surface area contributed by atoms with Crippen LogP contribution in [0.4, 0.5) is 11.4 Å². The minimum Gasteiger partial charge on any atom is -0.372 e. The Labute approximate surface area is 168 Å². The summed E-state index contributed by atoms with van der Waals surface area (Å²) in [6.07, 6.45) is 2.44. The zero-order valence-electron chi connectivity index (χ0n) is 15.3. The Morgan fingerprint density at radius 1 is 1.00 bits per heavy atom. The summed E-state index contributed by atoms with van der Waals surface area (Å²) in [5.74, 6) is -1.12. The summed E-state index contributed by atoms with van der Waals surface area (Å²) < 4.78 is 0. The highest BCUT2D eigenvalue weighted by Crippen LogP contribution is 2.29.